The first kappa shape index (κ1) is 28.1. The Labute approximate surface area is 208 Å². The second-order valence-electron chi connectivity index (χ2n) is 9.73. The highest BCUT2D eigenvalue weighted by atomic mass is 16.6. The van der Waals surface area contributed by atoms with Gasteiger partial charge in [-0.1, -0.05) is 26.0 Å². The van der Waals surface area contributed by atoms with Crippen molar-refractivity contribution < 1.29 is 34.3 Å². The average Bonchev–Trinajstić information content (AvgIpc) is 3.00. The number of H-pyrrole nitrogens is 1. The number of carbonyl (C=O) groups excluding carboxylic acids is 3. The van der Waals surface area contributed by atoms with Crippen LogP contribution in [0.4, 0.5) is 10.5 Å². The lowest BCUT2D eigenvalue weighted by Crippen LogP contribution is -2.46. The number of nitro benzene ring substituents is 1. The van der Waals surface area contributed by atoms with Crippen LogP contribution in [0.1, 0.15) is 68.6 Å². The number of hydrogen-bond donors (Lipinski definition) is 5. The van der Waals surface area contributed by atoms with Crippen LogP contribution in [0.3, 0.4) is 0 Å². The van der Waals surface area contributed by atoms with Gasteiger partial charge in [0.25, 0.3) is 5.69 Å². The second-order valence-corrected chi connectivity index (χ2v) is 9.73. The Morgan fingerprint density at radius 2 is 1.78 bits per heavy atom. The molecule has 0 aliphatic carbocycles. The van der Waals surface area contributed by atoms with Gasteiger partial charge in [0.15, 0.2) is 11.7 Å². The smallest absolute Gasteiger partial charge is 0.408 e. The molecular formula is C24H32N4O8. The van der Waals surface area contributed by atoms with Gasteiger partial charge >= 0.3 is 6.09 Å². The van der Waals surface area contributed by atoms with Crippen molar-refractivity contribution in [2.24, 2.45) is 5.92 Å². The lowest BCUT2D eigenvalue weighted by Gasteiger charge is -2.25. The molecule has 0 spiro atoms. The number of nitro groups is 1. The van der Waals surface area contributed by atoms with Crippen molar-refractivity contribution in [3.8, 4) is 11.8 Å². The molecule has 2 amide bonds. The molecular weight excluding hydrogens is 472 g/mol. The maximum atomic E-state index is 13.1. The van der Waals surface area contributed by atoms with E-state index in [-0.39, 0.29) is 29.1 Å². The summed E-state index contributed by atoms with van der Waals surface area (Å²) < 4.78 is 5.27. The summed E-state index contributed by atoms with van der Waals surface area (Å²) in [6.45, 7) is 9.82. The Kier molecular flexibility index (Phi) is 8.68. The Bertz CT molecular complexity index is 1150. The van der Waals surface area contributed by atoms with E-state index < -0.39 is 52.2 Å². The Balaban J connectivity index is 2.31. The van der Waals surface area contributed by atoms with Crippen LogP contribution in [0.25, 0.3) is 0 Å². The van der Waals surface area contributed by atoms with Crippen molar-refractivity contribution in [1.29, 1.82) is 0 Å². The first-order valence-electron chi connectivity index (χ1n) is 11.3. The van der Waals surface area contributed by atoms with Crippen molar-refractivity contribution in [2.75, 3.05) is 0 Å². The van der Waals surface area contributed by atoms with Crippen molar-refractivity contribution in [1.82, 2.24) is 15.6 Å². The molecule has 1 aromatic heterocycles. The number of aromatic nitrogens is 1. The van der Waals surface area contributed by atoms with E-state index in [9.17, 15) is 34.7 Å². The fraction of sp³-hybridized carbons (Fsp3) is 0.458. The predicted octanol–water partition coefficient (Wildman–Crippen LogP) is 3.62. The Hall–Kier alpha value is -4.09. The van der Waals surface area contributed by atoms with E-state index in [4.69, 9.17) is 4.74 Å². The van der Waals surface area contributed by atoms with Gasteiger partial charge in [0.05, 0.1) is 29.0 Å². The lowest BCUT2D eigenvalue weighted by molar-refractivity contribution is -0.384. The van der Waals surface area contributed by atoms with Gasteiger partial charge in [0, 0.05) is 17.7 Å². The first-order valence-corrected chi connectivity index (χ1v) is 11.3. The molecule has 2 atom stereocenters. The number of rotatable bonds is 9. The van der Waals surface area contributed by atoms with Crippen molar-refractivity contribution >= 4 is 23.5 Å². The summed E-state index contributed by atoms with van der Waals surface area (Å²) in [5.41, 5.74) is -0.761. The molecule has 0 aliphatic heterocycles. The van der Waals surface area contributed by atoms with Crippen molar-refractivity contribution in [2.45, 2.75) is 65.6 Å². The molecule has 1 heterocycles. The van der Waals surface area contributed by atoms with Crippen LogP contribution in [-0.2, 0) is 9.53 Å². The van der Waals surface area contributed by atoms with Gasteiger partial charge in [-0.3, -0.25) is 24.7 Å². The normalized spacial score (nSPS) is 13.1. The number of ether oxygens (including phenoxy) is 1. The maximum Gasteiger partial charge on any atom is 0.408 e. The average molecular weight is 505 g/mol. The van der Waals surface area contributed by atoms with Gasteiger partial charge in [-0.2, -0.15) is 0 Å². The van der Waals surface area contributed by atoms with E-state index in [2.05, 4.69) is 15.6 Å². The maximum absolute atomic E-state index is 13.1. The zero-order valence-corrected chi connectivity index (χ0v) is 21.0. The van der Waals surface area contributed by atoms with Crippen LogP contribution in [0.5, 0.6) is 11.8 Å². The lowest BCUT2D eigenvalue weighted by atomic mass is 9.93. The van der Waals surface area contributed by atoms with E-state index in [1.54, 1.807) is 34.6 Å². The minimum Gasteiger partial charge on any atom is -0.494 e. The van der Waals surface area contributed by atoms with Gasteiger partial charge in [-0.05, 0) is 39.2 Å². The molecule has 0 saturated carbocycles. The molecule has 2 aromatic rings. The number of benzene rings is 1. The number of hydrogen-bond acceptors (Lipinski definition) is 8. The molecule has 0 fully saturated rings. The Morgan fingerprint density at radius 3 is 2.28 bits per heavy atom. The molecule has 1 aromatic carbocycles. The first-order chi connectivity index (χ1) is 16.6. The molecule has 12 heteroatoms. The highest BCUT2D eigenvalue weighted by Crippen LogP contribution is 2.30. The fourth-order valence-electron chi connectivity index (χ4n) is 3.53. The van der Waals surface area contributed by atoms with E-state index in [0.717, 1.165) is 0 Å². The summed E-state index contributed by atoms with van der Waals surface area (Å²) in [5.74, 6) is -2.52. The number of amides is 2. The third kappa shape index (κ3) is 7.20. The summed E-state index contributed by atoms with van der Waals surface area (Å²) in [4.78, 5) is 51.5. The molecule has 0 radical (unpaired) electrons. The molecule has 2 rings (SSSR count). The van der Waals surface area contributed by atoms with Gasteiger partial charge in [0.1, 0.15) is 5.60 Å². The van der Waals surface area contributed by atoms with Crippen LogP contribution < -0.4 is 10.6 Å². The van der Waals surface area contributed by atoms with E-state index >= 15 is 0 Å². The van der Waals surface area contributed by atoms with Crippen LogP contribution in [-0.4, -0.2) is 49.5 Å². The molecule has 0 saturated heterocycles. The van der Waals surface area contributed by atoms with Crippen LogP contribution in [0.15, 0.2) is 24.3 Å². The number of Topliss-reactive ketones (excluding diaryl/α,β-unsaturated/α-hetero) is 1. The second kappa shape index (κ2) is 11.1. The zero-order valence-electron chi connectivity index (χ0n) is 21.0. The largest absolute Gasteiger partial charge is 0.494 e. The van der Waals surface area contributed by atoms with E-state index in [1.807, 2.05) is 0 Å². The molecule has 5 N–H and O–H groups in total. The monoisotopic (exact) mass is 504 g/mol. The number of aromatic amines is 1. The molecule has 0 bridgehead atoms. The molecule has 196 valence electrons. The molecule has 0 aliphatic rings. The number of nitrogens with one attached hydrogen (secondary N) is 3. The predicted molar refractivity (Wildman–Crippen MR) is 130 cm³/mol. The summed E-state index contributed by atoms with van der Waals surface area (Å²) >= 11 is 0. The Morgan fingerprint density at radius 1 is 1.14 bits per heavy atom. The van der Waals surface area contributed by atoms with E-state index in [0.29, 0.717) is 5.56 Å². The SMILES string of the molecule is Cc1c(O)[nH]c(O)c1C(=O)[C@@H](NC(=O)CC(NC(=O)OC(C)(C)C)c1cccc([N+](=O)[O-])c1)C(C)C. The summed E-state index contributed by atoms with van der Waals surface area (Å²) in [7, 11) is 0. The van der Waals surface area contributed by atoms with Gasteiger partial charge < -0.3 is 25.6 Å². The summed E-state index contributed by atoms with van der Waals surface area (Å²) in [6, 6.07) is 3.41. The standard InChI is InChI=1S/C24H32N4O8/c1-12(2)19(20(30)18-13(3)21(31)27-22(18)32)26-17(29)11-16(25-23(33)36-24(4,5)6)14-8-7-9-15(10-14)28(34)35/h7-10,12,16,19,27,31-32H,11H2,1-6H3,(H,25,33)(H,26,29)/t16?,19-/m0/s1. The van der Waals surface area contributed by atoms with Crippen LogP contribution in [0.2, 0.25) is 0 Å². The number of ketones is 1. The zero-order chi connectivity index (χ0) is 27.4. The van der Waals surface area contributed by atoms with Gasteiger partial charge in [-0.15, -0.1) is 0 Å². The molecule has 12 nitrogen and oxygen atoms in total. The number of aromatic hydroxyl groups is 2. The minimum atomic E-state index is -1.07. The quantitative estimate of drug-likeness (QED) is 0.195. The van der Waals surface area contributed by atoms with Crippen molar-refractivity contribution in [3.05, 3.63) is 51.1 Å². The van der Waals surface area contributed by atoms with Crippen LogP contribution in [0, 0.1) is 23.0 Å². The van der Waals surface area contributed by atoms with Crippen molar-refractivity contribution in [3.63, 3.8) is 0 Å². The van der Waals surface area contributed by atoms with Gasteiger partial charge in [-0.25, -0.2) is 4.79 Å². The fourth-order valence-corrected chi connectivity index (χ4v) is 3.53. The summed E-state index contributed by atoms with van der Waals surface area (Å²) in [5, 5.41) is 36.2. The number of carbonyl (C=O) groups is 3. The third-order valence-electron chi connectivity index (χ3n) is 5.28. The number of alkyl carbamates (subject to hydrolysis) is 1. The topological polar surface area (TPSA) is 184 Å². The highest BCUT2D eigenvalue weighted by molar-refractivity contribution is 6.05. The summed E-state index contributed by atoms with van der Waals surface area (Å²) in [6.07, 6.45) is -1.19. The van der Waals surface area contributed by atoms with Crippen LogP contribution >= 0.6 is 0 Å². The minimum absolute atomic E-state index is 0.137. The number of nitrogens with zero attached hydrogens (tertiary/aromatic N) is 1. The van der Waals surface area contributed by atoms with E-state index in [1.165, 1.54) is 31.2 Å². The molecule has 1 unspecified atom stereocenters. The van der Waals surface area contributed by atoms with Gasteiger partial charge in [0.2, 0.25) is 11.8 Å². The highest BCUT2D eigenvalue weighted by Gasteiger charge is 2.32. The molecule has 36 heavy (non-hydrogen) atoms. The third-order valence-corrected chi connectivity index (χ3v) is 5.28. The number of non-ortho nitro benzene ring substituents is 1.